The maximum atomic E-state index is 5.66. The standard InChI is InChI=1S/C11H16N4OS/c1-7-4-5-9(17-7)10(14-12)11-8(16-3)6-13-15(11)2/h4-6,10,14H,12H2,1-3H3. The molecule has 0 saturated heterocycles. The molecule has 0 spiro atoms. The van der Waals surface area contributed by atoms with Crippen molar-refractivity contribution in [2.24, 2.45) is 12.9 Å². The van der Waals surface area contributed by atoms with Crippen molar-refractivity contribution < 1.29 is 4.74 Å². The van der Waals surface area contributed by atoms with Crippen LogP contribution in [0.2, 0.25) is 0 Å². The minimum absolute atomic E-state index is 0.101. The topological polar surface area (TPSA) is 65.1 Å². The summed E-state index contributed by atoms with van der Waals surface area (Å²) >= 11 is 1.71. The van der Waals surface area contributed by atoms with E-state index in [4.69, 9.17) is 10.6 Å². The average molecular weight is 252 g/mol. The van der Waals surface area contributed by atoms with E-state index in [-0.39, 0.29) is 6.04 Å². The van der Waals surface area contributed by atoms with E-state index in [2.05, 4.69) is 29.6 Å². The van der Waals surface area contributed by atoms with E-state index >= 15 is 0 Å². The van der Waals surface area contributed by atoms with E-state index in [1.165, 1.54) is 4.88 Å². The minimum Gasteiger partial charge on any atom is -0.493 e. The Hall–Kier alpha value is -1.37. The quantitative estimate of drug-likeness (QED) is 0.637. The summed E-state index contributed by atoms with van der Waals surface area (Å²) in [7, 11) is 3.51. The van der Waals surface area contributed by atoms with E-state index in [1.54, 1.807) is 29.3 Å². The van der Waals surface area contributed by atoms with Gasteiger partial charge in [-0.05, 0) is 19.1 Å². The fourth-order valence-corrected chi connectivity index (χ4v) is 2.76. The number of rotatable bonds is 4. The molecule has 0 bridgehead atoms. The molecule has 0 fully saturated rings. The molecule has 2 rings (SSSR count). The number of nitrogens with two attached hydrogens (primary N) is 1. The second kappa shape index (κ2) is 4.87. The molecule has 0 saturated carbocycles. The van der Waals surface area contributed by atoms with Crippen molar-refractivity contribution in [1.82, 2.24) is 15.2 Å². The molecule has 0 aliphatic heterocycles. The molecule has 0 aliphatic carbocycles. The van der Waals surface area contributed by atoms with E-state index < -0.39 is 0 Å². The van der Waals surface area contributed by atoms with Crippen LogP contribution in [0.3, 0.4) is 0 Å². The van der Waals surface area contributed by atoms with Gasteiger partial charge >= 0.3 is 0 Å². The number of aryl methyl sites for hydroxylation is 2. The summed E-state index contributed by atoms with van der Waals surface area (Å²) in [5, 5.41) is 4.19. The van der Waals surface area contributed by atoms with Gasteiger partial charge in [-0.1, -0.05) is 0 Å². The first-order valence-electron chi connectivity index (χ1n) is 5.25. The molecular formula is C11H16N4OS. The van der Waals surface area contributed by atoms with Crippen LogP contribution < -0.4 is 16.0 Å². The normalized spacial score (nSPS) is 12.7. The van der Waals surface area contributed by atoms with Gasteiger partial charge in [-0.3, -0.25) is 10.5 Å². The average Bonchev–Trinajstić information content (AvgIpc) is 2.89. The molecule has 0 radical (unpaired) electrons. The van der Waals surface area contributed by atoms with Gasteiger partial charge < -0.3 is 4.74 Å². The van der Waals surface area contributed by atoms with Crippen LogP contribution in [0.1, 0.15) is 21.5 Å². The van der Waals surface area contributed by atoms with Crippen LogP contribution in [0, 0.1) is 6.92 Å². The second-order valence-corrected chi connectivity index (χ2v) is 5.09. The van der Waals surface area contributed by atoms with Crippen molar-refractivity contribution in [3.05, 3.63) is 33.8 Å². The lowest BCUT2D eigenvalue weighted by Crippen LogP contribution is -2.30. The smallest absolute Gasteiger partial charge is 0.162 e. The molecule has 0 aromatic carbocycles. The van der Waals surface area contributed by atoms with Crippen LogP contribution in [0.4, 0.5) is 0 Å². The fourth-order valence-electron chi connectivity index (χ4n) is 1.82. The number of nitrogens with one attached hydrogen (secondary N) is 1. The highest BCUT2D eigenvalue weighted by Gasteiger charge is 2.22. The molecule has 0 aliphatic rings. The predicted molar refractivity (Wildman–Crippen MR) is 68.0 cm³/mol. The number of hydrogen-bond acceptors (Lipinski definition) is 5. The monoisotopic (exact) mass is 252 g/mol. The van der Waals surface area contributed by atoms with Gasteiger partial charge in [-0.2, -0.15) is 5.10 Å². The molecule has 17 heavy (non-hydrogen) atoms. The first-order chi connectivity index (χ1) is 8.17. The van der Waals surface area contributed by atoms with Crippen LogP contribution in [0.15, 0.2) is 18.3 Å². The summed E-state index contributed by atoms with van der Waals surface area (Å²) in [5.41, 5.74) is 3.75. The number of ether oxygens (including phenoxy) is 1. The molecule has 2 aromatic heterocycles. The van der Waals surface area contributed by atoms with Gasteiger partial charge in [-0.25, -0.2) is 5.43 Å². The highest BCUT2D eigenvalue weighted by molar-refractivity contribution is 7.12. The SMILES string of the molecule is COc1cnn(C)c1C(NN)c1ccc(C)s1. The number of nitrogens with zero attached hydrogens (tertiary/aromatic N) is 2. The second-order valence-electron chi connectivity index (χ2n) is 3.77. The molecule has 0 amide bonds. The summed E-state index contributed by atoms with van der Waals surface area (Å²) in [6.45, 7) is 2.07. The summed E-state index contributed by atoms with van der Waals surface area (Å²) in [6, 6.07) is 4.04. The first kappa shape index (κ1) is 12.1. The Bertz CT molecular complexity index is 505. The zero-order valence-electron chi connectivity index (χ0n) is 10.1. The third-order valence-electron chi connectivity index (χ3n) is 2.65. The van der Waals surface area contributed by atoms with Crippen molar-refractivity contribution in [3.63, 3.8) is 0 Å². The van der Waals surface area contributed by atoms with Crippen LogP contribution in [-0.2, 0) is 7.05 Å². The van der Waals surface area contributed by atoms with Crippen LogP contribution >= 0.6 is 11.3 Å². The van der Waals surface area contributed by atoms with Crippen molar-refractivity contribution in [1.29, 1.82) is 0 Å². The Morgan fingerprint density at radius 1 is 1.53 bits per heavy atom. The predicted octanol–water partition coefficient (Wildman–Crippen LogP) is 1.35. The highest BCUT2D eigenvalue weighted by atomic mass is 32.1. The van der Waals surface area contributed by atoms with E-state index in [0.29, 0.717) is 0 Å². The first-order valence-corrected chi connectivity index (χ1v) is 6.07. The molecule has 6 heteroatoms. The zero-order chi connectivity index (χ0) is 12.4. The Labute approximate surface area is 104 Å². The summed E-state index contributed by atoms with van der Waals surface area (Å²) in [6.07, 6.45) is 1.69. The Morgan fingerprint density at radius 2 is 2.29 bits per heavy atom. The summed E-state index contributed by atoms with van der Waals surface area (Å²) in [5.74, 6) is 6.40. The maximum Gasteiger partial charge on any atom is 0.162 e. The van der Waals surface area contributed by atoms with Gasteiger partial charge in [0.15, 0.2) is 5.75 Å². The Balaban J connectivity index is 2.44. The number of aromatic nitrogens is 2. The highest BCUT2D eigenvalue weighted by Crippen LogP contribution is 2.32. The van der Waals surface area contributed by atoms with Gasteiger partial charge in [0.1, 0.15) is 11.7 Å². The van der Waals surface area contributed by atoms with Gasteiger partial charge in [-0.15, -0.1) is 11.3 Å². The third-order valence-corrected chi connectivity index (χ3v) is 3.72. The Morgan fingerprint density at radius 3 is 2.82 bits per heavy atom. The molecule has 1 unspecified atom stereocenters. The van der Waals surface area contributed by atoms with E-state index in [1.807, 2.05) is 7.05 Å². The molecular weight excluding hydrogens is 236 g/mol. The van der Waals surface area contributed by atoms with Crippen molar-refractivity contribution in [2.75, 3.05) is 7.11 Å². The molecule has 5 nitrogen and oxygen atoms in total. The fraction of sp³-hybridized carbons (Fsp3) is 0.364. The minimum atomic E-state index is -0.101. The number of methoxy groups -OCH3 is 1. The largest absolute Gasteiger partial charge is 0.493 e. The zero-order valence-corrected chi connectivity index (χ0v) is 10.9. The lowest BCUT2D eigenvalue weighted by atomic mass is 10.1. The number of hydrogen-bond donors (Lipinski definition) is 2. The van der Waals surface area contributed by atoms with Gasteiger partial charge in [0.2, 0.25) is 0 Å². The van der Waals surface area contributed by atoms with E-state index in [0.717, 1.165) is 16.3 Å². The van der Waals surface area contributed by atoms with Crippen molar-refractivity contribution >= 4 is 11.3 Å². The van der Waals surface area contributed by atoms with Crippen molar-refractivity contribution in [2.45, 2.75) is 13.0 Å². The van der Waals surface area contributed by atoms with E-state index in [9.17, 15) is 0 Å². The van der Waals surface area contributed by atoms with Crippen LogP contribution in [-0.4, -0.2) is 16.9 Å². The summed E-state index contributed by atoms with van der Waals surface area (Å²) < 4.78 is 7.08. The molecule has 2 aromatic rings. The molecule has 2 heterocycles. The maximum absolute atomic E-state index is 5.66. The summed E-state index contributed by atoms with van der Waals surface area (Å²) in [4.78, 5) is 2.40. The lowest BCUT2D eigenvalue weighted by Gasteiger charge is -2.16. The van der Waals surface area contributed by atoms with Gasteiger partial charge in [0.05, 0.1) is 13.3 Å². The molecule has 92 valence electrons. The van der Waals surface area contributed by atoms with Gasteiger partial charge in [0.25, 0.3) is 0 Å². The van der Waals surface area contributed by atoms with Crippen LogP contribution in [0.5, 0.6) is 5.75 Å². The number of hydrazine groups is 1. The lowest BCUT2D eigenvalue weighted by molar-refractivity contribution is 0.401. The number of thiophene rings is 1. The van der Waals surface area contributed by atoms with Crippen LogP contribution in [0.25, 0.3) is 0 Å². The van der Waals surface area contributed by atoms with Gasteiger partial charge in [0, 0.05) is 16.8 Å². The molecule has 3 N–H and O–H groups in total. The third kappa shape index (κ3) is 2.19. The molecule has 1 atom stereocenters. The Kier molecular flexibility index (Phi) is 3.46. The van der Waals surface area contributed by atoms with Crippen molar-refractivity contribution in [3.8, 4) is 5.75 Å².